The molecule has 0 radical (unpaired) electrons. The quantitative estimate of drug-likeness (QED) is 0.455. The van der Waals surface area contributed by atoms with Gasteiger partial charge in [0.05, 0.1) is 6.61 Å². The highest BCUT2D eigenvalue weighted by Gasteiger charge is 2.13. The first-order valence-electron chi connectivity index (χ1n) is 8.12. The molecule has 0 amide bonds. The molecule has 0 atom stereocenters. The number of phenols is 1. The van der Waals surface area contributed by atoms with Crippen molar-refractivity contribution in [2.45, 2.75) is 65.2 Å². The molecule has 0 aliphatic carbocycles. The Hall–Kier alpha value is -1.51. The summed E-state index contributed by atoms with van der Waals surface area (Å²) in [4.78, 5) is 11.5. The summed E-state index contributed by atoms with van der Waals surface area (Å²) in [5, 5.41) is 9.70. The molecule has 21 heavy (non-hydrogen) atoms. The van der Waals surface area contributed by atoms with E-state index in [2.05, 4.69) is 6.92 Å². The lowest BCUT2D eigenvalue weighted by atomic mass is 10.1. The van der Waals surface area contributed by atoms with Gasteiger partial charge < -0.3 is 9.84 Å². The van der Waals surface area contributed by atoms with Crippen LogP contribution in [0.4, 0.5) is 0 Å². The summed E-state index contributed by atoms with van der Waals surface area (Å²) in [6, 6.07) is 4.95. The van der Waals surface area contributed by atoms with E-state index in [0.717, 1.165) is 12.8 Å². The number of carbonyl (C=O) groups is 1. The van der Waals surface area contributed by atoms with Crippen LogP contribution >= 0.6 is 0 Å². The first kappa shape index (κ1) is 17.5. The molecule has 0 bridgehead atoms. The molecular weight excluding hydrogens is 264 g/mol. The van der Waals surface area contributed by atoms with Crippen molar-refractivity contribution in [1.82, 2.24) is 0 Å². The average molecular weight is 292 g/mol. The molecule has 3 heteroatoms. The van der Waals surface area contributed by atoms with Crippen molar-refractivity contribution in [3.8, 4) is 11.5 Å². The monoisotopic (exact) mass is 292 g/mol. The number of rotatable bonds is 11. The lowest BCUT2D eigenvalue weighted by Crippen LogP contribution is -2.03. The fourth-order valence-corrected chi connectivity index (χ4v) is 2.41. The van der Waals surface area contributed by atoms with Crippen molar-refractivity contribution in [2.24, 2.45) is 0 Å². The minimum atomic E-state index is -0.168. The smallest absolute Gasteiger partial charge is 0.167 e. The van der Waals surface area contributed by atoms with Crippen molar-refractivity contribution in [2.75, 3.05) is 6.61 Å². The number of unbranched alkanes of at least 4 members (excludes halogenated alkanes) is 7. The van der Waals surface area contributed by atoms with Crippen LogP contribution < -0.4 is 4.74 Å². The Morgan fingerprint density at radius 1 is 1.05 bits per heavy atom. The Bertz CT molecular complexity index is 426. The first-order chi connectivity index (χ1) is 10.2. The topological polar surface area (TPSA) is 46.5 Å². The zero-order chi connectivity index (χ0) is 15.5. The number of phenolic OH excluding ortho intramolecular Hbond substituents is 1. The van der Waals surface area contributed by atoms with E-state index in [1.165, 1.54) is 51.5 Å². The largest absolute Gasteiger partial charge is 0.507 e. The Balaban J connectivity index is 2.21. The van der Waals surface area contributed by atoms with Crippen LogP contribution in [-0.2, 0) is 0 Å². The van der Waals surface area contributed by atoms with Crippen LogP contribution in [0.2, 0.25) is 0 Å². The van der Waals surface area contributed by atoms with E-state index in [9.17, 15) is 9.90 Å². The van der Waals surface area contributed by atoms with Gasteiger partial charge in [0.25, 0.3) is 0 Å². The minimum Gasteiger partial charge on any atom is -0.507 e. The predicted molar refractivity (Wildman–Crippen MR) is 86.2 cm³/mol. The zero-order valence-corrected chi connectivity index (χ0v) is 13.4. The van der Waals surface area contributed by atoms with E-state index < -0.39 is 0 Å². The van der Waals surface area contributed by atoms with Crippen LogP contribution in [0.5, 0.6) is 11.5 Å². The molecule has 1 N–H and O–H groups in total. The molecule has 0 aliphatic rings. The molecule has 3 nitrogen and oxygen atoms in total. The average Bonchev–Trinajstić information content (AvgIpc) is 2.45. The van der Waals surface area contributed by atoms with E-state index in [1.807, 2.05) is 0 Å². The SMILES string of the molecule is CCCCCCCCCCOc1cccc(O)c1C(C)=O. The summed E-state index contributed by atoms with van der Waals surface area (Å²) in [6.45, 7) is 4.27. The van der Waals surface area contributed by atoms with Gasteiger partial charge in [-0.3, -0.25) is 4.79 Å². The third-order valence-electron chi connectivity index (χ3n) is 3.61. The highest BCUT2D eigenvalue weighted by molar-refractivity contribution is 5.99. The fourth-order valence-electron chi connectivity index (χ4n) is 2.41. The van der Waals surface area contributed by atoms with Crippen molar-refractivity contribution in [3.05, 3.63) is 23.8 Å². The Morgan fingerprint density at radius 2 is 1.67 bits per heavy atom. The second-order valence-corrected chi connectivity index (χ2v) is 5.53. The van der Waals surface area contributed by atoms with Crippen molar-refractivity contribution in [1.29, 1.82) is 0 Å². The zero-order valence-electron chi connectivity index (χ0n) is 13.4. The minimum absolute atomic E-state index is 0.00377. The summed E-state index contributed by atoms with van der Waals surface area (Å²) in [5.41, 5.74) is 0.289. The van der Waals surface area contributed by atoms with Gasteiger partial charge in [0.15, 0.2) is 5.78 Å². The van der Waals surface area contributed by atoms with E-state index in [1.54, 1.807) is 12.1 Å². The summed E-state index contributed by atoms with van der Waals surface area (Å²) in [7, 11) is 0. The number of Topliss-reactive ketones (excluding diaryl/α,β-unsaturated/α-hetero) is 1. The highest BCUT2D eigenvalue weighted by atomic mass is 16.5. The Kier molecular flexibility index (Phi) is 8.56. The third kappa shape index (κ3) is 6.65. The molecule has 0 unspecified atom stereocenters. The second-order valence-electron chi connectivity index (χ2n) is 5.53. The number of hydrogen-bond donors (Lipinski definition) is 1. The number of carbonyl (C=O) groups excluding carboxylic acids is 1. The molecule has 1 aromatic rings. The van der Waals surface area contributed by atoms with Crippen LogP contribution in [-0.4, -0.2) is 17.5 Å². The summed E-state index contributed by atoms with van der Waals surface area (Å²) in [6.07, 6.45) is 9.98. The molecule has 0 heterocycles. The molecule has 0 aromatic heterocycles. The lowest BCUT2D eigenvalue weighted by molar-refractivity contribution is 0.101. The summed E-state index contributed by atoms with van der Waals surface area (Å²) >= 11 is 0. The standard InChI is InChI=1S/C18H28O3/c1-3-4-5-6-7-8-9-10-14-21-17-13-11-12-16(20)18(17)15(2)19/h11-13,20H,3-10,14H2,1-2H3. The van der Waals surface area contributed by atoms with Crippen LogP contribution in [0.15, 0.2) is 18.2 Å². The maximum atomic E-state index is 11.5. The van der Waals surface area contributed by atoms with Gasteiger partial charge >= 0.3 is 0 Å². The molecule has 0 fully saturated rings. The van der Waals surface area contributed by atoms with Crippen LogP contribution in [0, 0.1) is 0 Å². The first-order valence-corrected chi connectivity index (χ1v) is 8.12. The van der Waals surface area contributed by atoms with Gasteiger partial charge in [-0.15, -0.1) is 0 Å². The molecule has 118 valence electrons. The van der Waals surface area contributed by atoms with E-state index in [-0.39, 0.29) is 17.1 Å². The number of hydrogen-bond acceptors (Lipinski definition) is 3. The molecule has 1 rings (SSSR count). The molecule has 0 saturated carbocycles. The van der Waals surface area contributed by atoms with Gasteiger partial charge in [-0.05, 0) is 25.5 Å². The van der Waals surface area contributed by atoms with Gasteiger partial charge in [0.2, 0.25) is 0 Å². The number of aromatic hydroxyl groups is 1. The molecule has 0 aliphatic heterocycles. The number of benzene rings is 1. The van der Waals surface area contributed by atoms with E-state index >= 15 is 0 Å². The number of ketones is 1. The van der Waals surface area contributed by atoms with Gasteiger partial charge in [0.1, 0.15) is 17.1 Å². The van der Waals surface area contributed by atoms with Crippen molar-refractivity contribution in [3.63, 3.8) is 0 Å². The third-order valence-corrected chi connectivity index (χ3v) is 3.61. The van der Waals surface area contributed by atoms with Gasteiger partial charge in [-0.1, -0.05) is 57.9 Å². The summed E-state index contributed by atoms with van der Waals surface area (Å²) < 4.78 is 5.64. The van der Waals surface area contributed by atoms with E-state index in [4.69, 9.17) is 4.74 Å². The van der Waals surface area contributed by atoms with Gasteiger partial charge in [-0.25, -0.2) is 0 Å². The van der Waals surface area contributed by atoms with Crippen LogP contribution in [0.1, 0.15) is 75.6 Å². The molecule has 0 spiro atoms. The molecule has 1 aromatic carbocycles. The van der Waals surface area contributed by atoms with Crippen LogP contribution in [0.3, 0.4) is 0 Å². The normalized spacial score (nSPS) is 10.6. The highest BCUT2D eigenvalue weighted by Crippen LogP contribution is 2.28. The molecule has 0 saturated heterocycles. The second kappa shape index (κ2) is 10.3. The van der Waals surface area contributed by atoms with Gasteiger partial charge in [-0.2, -0.15) is 0 Å². The maximum absolute atomic E-state index is 11.5. The maximum Gasteiger partial charge on any atom is 0.167 e. The Morgan fingerprint density at radius 3 is 2.29 bits per heavy atom. The number of ether oxygens (including phenoxy) is 1. The van der Waals surface area contributed by atoms with Gasteiger partial charge in [0, 0.05) is 0 Å². The molecular formula is C18H28O3. The van der Waals surface area contributed by atoms with Crippen LogP contribution in [0.25, 0.3) is 0 Å². The predicted octanol–water partition coefficient (Wildman–Crippen LogP) is 5.11. The van der Waals surface area contributed by atoms with E-state index in [0.29, 0.717) is 12.4 Å². The fraction of sp³-hybridized carbons (Fsp3) is 0.611. The lowest BCUT2D eigenvalue weighted by Gasteiger charge is -2.10. The summed E-state index contributed by atoms with van der Waals surface area (Å²) in [5.74, 6) is 0.320. The van der Waals surface area contributed by atoms with Crippen molar-refractivity contribution < 1.29 is 14.6 Å². The van der Waals surface area contributed by atoms with Crippen molar-refractivity contribution >= 4 is 5.78 Å². The Labute approximate surface area is 128 Å².